The predicted molar refractivity (Wildman–Crippen MR) is 78.7 cm³/mol. The summed E-state index contributed by atoms with van der Waals surface area (Å²) in [4.78, 5) is 27.0. The fourth-order valence-corrected chi connectivity index (χ4v) is 2.26. The van der Waals surface area contributed by atoms with Crippen LogP contribution in [0, 0.1) is 5.92 Å². The number of hydrogen-bond acceptors (Lipinski definition) is 3. The Morgan fingerprint density at radius 1 is 1.29 bits per heavy atom. The number of imidazole rings is 1. The maximum Gasteiger partial charge on any atom is 0.304 e. The topological polar surface area (TPSA) is 72.2 Å². The van der Waals surface area contributed by atoms with Gasteiger partial charge in [-0.2, -0.15) is 0 Å². The molecule has 110 valence electrons. The Balaban J connectivity index is 2.19. The lowest BCUT2D eigenvalue weighted by atomic mass is 9.96. The third kappa shape index (κ3) is 3.37. The van der Waals surface area contributed by atoms with Crippen LogP contribution in [-0.4, -0.2) is 26.4 Å². The van der Waals surface area contributed by atoms with E-state index in [9.17, 15) is 9.59 Å². The van der Waals surface area contributed by atoms with Gasteiger partial charge in [0.05, 0.1) is 6.42 Å². The number of carboxylic acids is 1. The van der Waals surface area contributed by atoms with Gasteiger partial charge in [0.2, 0.25) is 0 Å². The molecule has 1 unspecified atom stereocenters. The molecule has 1 aromatic carbocycles. The van der Waals surface area contributed by atoms with E-state index in [-0.39, 0.29) is 12.2 Å². The second kappa shape index (κ2) is 6.35. The molecule has 0 saturated carbocycles. The first-order valence-corrected chi connectivity index (χ1v) is 6.91. The molecule has 1 atom stereocenters. The van der Waals surface area contributed by atoms with Crippen LogP contribution in [-0.2, 0) is 11.2 Å². The van der Waals surface area contributed by atoms with Gasteiger partial charge in [-0.05, 0) is 24.3 Å². The van der Waals surface area contributed by atoms with Crippen LogP contribution in [0.25, 0.3) is 5.69 Å². The first-order chi connectivity index (χ1) is 10.0. The van der Waals surface area contributed by atoms with Crippen molar-refractivity contribution in [2.75, 3.05) is 0 Å². The highest BCUT2D eigenvalue weighted by atomic mass is 16.4. The number of aliphatic carboxylic acids is 1. The molecule has 5 nitrogen and oxygen atoms in total. The summed E-state index contributed by atoms with van der Waals surface area (Å²) in [6.45, 7) is 3.67. The highest BCUT2D eigenvalue weighted by molar-refractivity contribution is 5.99. The van der Waals surface area contributed by atoms with E-state index in [1.54, 1.807) is 25.3 Å². The molecule has 1 heterocycles. The van der Waals surface area contributed by atoms with Gasteiger partial charge in [0.25, 0.3) is 0 Å². The Morgan fingerprint density at radius 3 is 2.52 bits per heavy atom. The predicted octanol–water partition coefficient (Wildman–Crippen LogP) is 2.73. The van der Waals surface area contributed by atoms with E-state index in [1.165, 1.54) is 0 Å². The van der Waals surface area contributed by atoms with Crippen molar-refractivity contribution in [3.05, 3.63) is 48.0 Å². The van der Waals surface area contributed by atoms with Gasteiger partial charge in [-0.3, -0.25) is 9.59 Å². The molecule has 0 saturated heterocycles. The second-order valence-corrected chi connectivity index (χ2v) is 4.98. The first kappa shape index (κ1) is 15.0. The third-order valence-corrected chi connectivity index (χ3v) is 3.39. The smallest absolute Gasteiger partial charge is 0.304 e. The number of aromatic nitrogens is 2. The second-order valence-electron chi connectivity index (χ2n) is 4.98. The minimum atomic E-state index is -0.960. The van der Waals surface area contributed by atoms with Gasteiger partial charge in [0, 0.05) is 36.0 Å². The molecular weight excluding hydrogens is 268 g/mol. The van der Waals surface area contributed by atoms with Crippen molar-refractivity contribution in [3.63, 3.8) is 0 Å². The molecule has 2 aromatic rings. The summed E-state index contributed by atoms with van der Waals surface area (Å²) < 4.78 is 1.97. The molecule has 0 aliphatic heterocycles. The van der Waals surface area contributed by atoms with Crippen LogP contribution < -0.4 is 0 Å². The zero-order valence-electron chi connectivity index (χ0n) is 12.1. The average Bonchev–Trinajstić information content (AvgIpc) is 2.94. The Kier molecular flexibility index (Phi) is 4.52. The maximum absolute atomic E-state index is 12.1. The number of aryl methyl sites for hydroxylation is 1. The Labute approximate surface area is 123 Å². The van der Waals surface area contributed by atoms with Crippen molar-refractivity contribution in [1.82, 2.24) is 9.55 Å². The van der Waals surface area contributed by atoms with E-state index in [0.717, 1.165) is 17.9 Å². The molecule has 0 fully saturated rings. The summed E-state index contributed by atoms with van der Waals surface area (Å²) in [5, 5.41) is 8.74. The largest absolute Gasteiger partial charge is 0.481 e. The highest BCUT2D eigenvalue weighted by Gasteiger charge is 2.18. The van der Waals surface area contributed by atoms with Gasteiger partial charge < -0.3 is 9.67 Å². The Morgan fingerprint density at radius 2 is 1.95 bits per heavy atom. The number of ketones is 1. The van der Waals surface area contributed by atoms with E-state index in [1.807, 2.05) is 29.8 Å². The lowest BCUT2D eigenvalue weighted by Crippen LogP contribution is -2.15. The number of Topliss-reactive ketones (excluding diaryl/α,β-unsaturated/α-hetero) is 1. The molecule has 0 bridgehead atoms. The van der Waals surface area contributed by atoms with Gasteiger partial charge in [-0.15, -0.1) is 0 Å². The lowest BCUT2D eigenvalue weighted by molar-refractivity contribution is -0.137. The maximum atomic E-state index is 12.1. The van der Waals surface area contributed by atoms with Gasteiger partial charge in [0.1, 0.15) is 5.82 Å². The Hall–Kier alpha value is -2.43. The van der Waals surface area contributed by atoms with Gasteiger partial charge >= 0.3 is 5.97 Å². The normalized spacial score (nSPS) is 12.1. The van der Waals surface area contributed by atoms with Gasteiger partial charge in [-0.1, -0.05) is 13.8 Å². The van der Waals surface area contributed by atoms with Crippen molar-refractivity contribution < 1.29 is 14.7 Å². The summed E-state index contributed by atoms with van der Waals surface area (Å²) in [5.74, 6) is -0.676. The monoisotopic (exact) mass is 286 g/mol. The number of carboxylic acid groups (broad SMARTS) is 1. The van der Waals surface area contributed by atoms with Crippen LogP contribution in [0.3, 0.4) is 0 Å². The first-order valence-electron chi connectivity index (χ1n) is 6.91. The van der Waals surface area contributed by atoms with Gasteiger partial charge in [-0.25, -0.2) is 4.98 Å². The average molecular weight is 286 g/mol. The number of rotatable bonds is 6. The number of carbonyl (C=O) groups excluding carboxylic acids is 1. The van der Waals surface area contributed by atoms with Crippen molar-refractivity contribution in [3.8, 4) is 5.69 Å². The summed E-state index contributed by atoms with van der Waals surface area (Å²) in [6, 6.07) is 7.16. The van der Waals surface area contributed by atoms with Crippen LogP contribution >= 0.6 is 0 Å². The SMILES string of the molecule is CCc1nccn1-c1ccc(C(=O)C(C)CC(=O)O)cc1. The summed E-state index contributed by atoms with van der Waals surface area (Å²) in [7, 11) is 0. The standard InChI is InChI=1S/C16H18N2O3/c1-3-14-17-8-9-18(14)13-6-4-12(5-7-13)16(21)11(2)10-15(19)20/h4-9,11H,3,10H2,1-2H3,(H,19,20). The molecule has 1 aromatic heterocycles. The number of nitrogens with zero attached hydrogens (tertiary/aromatic N) is 2. The molecule has 0 spiro atoms. The molecule has 21 heavy (non-hydrogen) atoms. The van der Waals surface area contributed by atoms with E-state index < -0.39 is 11.9 Å². The van der Waals surface area contributed by atoms with E-state index in [4.69, 9.17) is 5.11 Å². The van der Waals surface area contributed by atoms with Crippen molar-refractivity contribution >= 4 is 11.8 Å². The molecule has 2 rings (SSSR count). The highest BCUT2D eigenvalue weighted by Crippen LogP contribution is 2.16. The van der Waals surface area contributed by atoms with Crippen LogP contribution in [0.1, 0.15) is 36.5 Å². The molecule has 0 aliphatic rings. The molecule has 5 heteroatoms. The molecular formula is C16H18N2O3. The van der Waals surface area contributed by atoms with Crippen LogP contribution in [0.15, 0.2) is 36.7 Å². The van der Waals surface area contributed by atoms with E-state index in [0.29, 0.717) is 5.56 Å². The molecule has 0 radical (unpaired) electrons. The number of hydrogen-bond donors (Lipinski definition) is 1. The lowest BCUT2D eigenvalue weighted by Gasteiger charge is -2.10. The summed E-state index contributed by atoms with van der Waals surface area (Å²) >= 11 is 0. The fraction of sp³-hybridized carbons (Fsp3) is 0.312. The Bertz CT molecular complexity index is 644. The van der Waals surface area contributed by atoms with Crippen LogP contribution in [0.4, 0.5) is 0 Å². The number of carbonyl (C=O) groups is 2. The van der Waals surface area contributed by atoms with Crippen molar-refractivity contribution in [2.45, 2.75) is 26.7 Å². The van der Waals surface area contributed by atoms with Crippen LogP contribution in [0.2, 0.25) is 0 Å². The fourth-order valence-electron chi connectivity index (χ4n) is 2.26. The quantitative estimate of drug-likeness (QED) is 0.829. The number of benzene rings is 1. The van der Waals surface area contributed by atoms with Crippen molar-refractivity contribution in [1.29, 1.82) is 0 Å². The third-order valence-electron chi connectivity index (χ3n) is 3.39. The minimum absolute atomic E-state index is 0.148. The summed E-state index contributed by atoms with van der Waals surface area (Å²) in [5.41, 5.74) is 1.47. The van der Waals surface area contributed by atoms with Gasteiger partial charge in [0.15, 0.2) is 5.78 Å². The van der Waals surface area contributed by atoms with E-state index >= 15 is 0 Å². The minimum Gasteiger partial charge on any atom is -0.481 e. The van der Waals surface area contributed by atoms with E-state index in [2.05, 4.69) is 4.98 Å². The van der Waals surface area contributed by atoms with Crippen LogP contribution in [0.5, 0.6) is 0 Å². The summed E-state index contributed by atoms with van der Waals surface area (Å²) in [6.07, 6.45) is 4.29. The molecule has 0 amide bonds. The zero-order valence-corrected chi connectivity index (χ0v) is 12.1. The van der Waals surface area contributed by atoms with Crippen molar-refractivity contribution in [2.24, 2.45) is 5.92 Å². The molecule has 0 aliphatic carbocycles. The zero-order chi connectivity index (χ0) is 15.4. The molecule has 1 N–H and O–H groups in total.